The second-order valence-electron chi connectivity index (χ2n) is 6.90. The summed E-state index contributed by atoms with van der Waals surface area (Å²) in [6.45, 7) is -0.117. The van der Waals surface area contributed by atoms with Gasteiger partial charge in [-0.1, -0.05) is 0 Å². The number of benzene rings is 1. The van der Waals surface area contributed by atoms with Gasteiger partial charge in [0.05, 0.1) is 17.8 Å². The third-order valence-corrected chi connectivity index (χ3v) is 4.63. The van der Waals surface area contributed by atoms with Crippen molar-refractivity contribution < 1.29 is 27.5 Å². The number of amides is 2. The van der Waals surface area contributed by atoms with Crippen LogP contribution in [0.3, 0.4) is 0 Å². The van der Waals surface area contributed by atoms with Gasteiger partial charge in [-0.25, -0.2) is 28.1 Å². The summed E-state index contributed by atoms with van der Waals surface area (Å²) in [7, 11) is 1.33. The van der Waals surface area contributed by atoms with Crippen LogP contribution >= 0.6 is 0 Å². The zero-order chi connectivity index (χ0) is 24.8. The molecule has 3 rings (SSSR count). The second kappa shape index (κ2) is 10.4. The summed E-state index contributed by atoms with van der Waals surface area (Å²) in [4.78, 5) is 38.0. The van der Waals surface area contributed by atoms with E-state index in [0.717, 1.165) is 11.0 Å². The lowest BCUT2D eigenvalue weighted by molar-refractivity contribution is -0.117. The SMILES string of the molecule is Cc1cnc(C(=O)NCC(=O)N(C)c2ncc(C#N)cc2OCF)nc1-c1ccc(F)cc1F. The number of pyridine rings is 1. The van der Waals surface area contributed by atoms with Crippen LogP contribution in [0.15, 0.2) is 36.7 Å². The molecule has 0 atom stereocenters. The maximum atomic E-state index is 14.2. The van der Waals surface area contributed by atoms with E-state index < -0.39 is 36.9 Å². The molecule has 0 fully saturated rings. The van der Waals surface area contributed by atoms with Gasteiger partial charge in [0, 0.05) is 37.1 Å². The molecule has 1 aromatic carbocycles. The fourth-order valence-corrected chi connectivity index (χ4v) is 2.89. The van der Waals surface area contributed by atoms with Crippen LogP contribution in [0.1, 0.15) is 21.7 Å². The number of carbonyl (C=O) groups excluding carboxylic acids is 2. The van der Waals surface area contributed by atoms with Crippen molar-refractivity contribution in [1.29, 1.82) is 5.26 Å². The van der Waals surface area contributed by atoms with Gasteiger partial charge in [-0.2, -0.15) is 5.26 Å². The van der Waals surface area contributed by atoms with Crippen molar-refractivity contribution >= 4 is 17.6 Å². The first-order valence-electron chi connectivity index (χ1n) is 9.67. The highest BCUT2D eigenvalue weighted by Crippen LogP contribution is 2.26. The van der Waals surface area contributed by atoms with Crippen molar-refractivity contribution in [3.05, 3.63) is 65.2 Å². The monoisotopic (exact) mass is 470 g/mol. The number of anilines is 1. The number of carbonyl (C=O) groups is 2. The first-order chi connectivity index (χ1) is 16.2. The first-order valence-corrected chi connectivity index (χ1v) is 9.67. The number of alkyl halides is 1. The Hall–Kier alpha value is -4.53. The molecule has 0 bridgehead atoms. The van der Waals surface area contributed by atoms with Crippen LogP contribution in [-0.4, -0.2) is 47.2 Å². The smallest absolute Gasteiger partial charge is 0.289 e. The molecule has 3 aromatic rings. The van der Waals surface area contributed by atoms with Gasteiger partial charge in [-0.3, -0.25) is 14.5 Å². The molecule has 0 radical (unpaired) electrons. The minimum absolute atomic E-state index is 0.0153. The summed E-state index contributed by atoms with van der Waals surface area (Å²) < 4.78 is 44.9. The first kappa shape index (κ1) is 24.1. The lowest BCUT2D eigenvalue weighted by atomic mass is 10.1. The van der Waals surface area contributed by atoms with Crippen LogP contribution < -0.4 is 15.0 Å². The zero-order valence-corrected chi connectivity index (χ0v) is 18.0. The van der Waals surface area contributed by atoms with Gasteiger partial charge in [-0.05, 0) is 24.6 Å². The number of rotatable bonds is 7. The maximum absolute atomic E-state index is 14.2. The third-order valence-electron chi connectivity index (χ3n) is 4.63. The molecule has 2 heterocycles. The van der Waals surface area contributed by atoms with Crippen molar-refractivity contribution in [2.45, 2.75) is 6.92 Å². The van der Waals surface area contributed by atoms with Crippen molar-refractivity contribution in [2.24, 2.45) is 0 Å². The highest BCUT2D eigenvalue weighted by molar-refractivity contribution is 5.99. The van der Waals surface area contributed by atoms with Gasteiger partial charge < -0.3 is 10.1 Å². The molecule has 0 unspecified atom stereocenters. The minimum Gasteiger partial charge on any atom is -0.459 e. The molecular weight excluding hydrogens is 453 g/mol. The Morgan fingerprint density at radius 3 is 2.65 bits per heavy atom. The van der Waals surface area contributed by atoms with Crippen LogP contribution in [0.5, 0.6) is 5.75 Å². The molecule has 2 amide bonds. The topological polar surface area (TPSA) is 121 Å². The average molecular weight is 470 g/mol. The van der Waals surface area contributed by atoms with Crippen molar-refractivity contribution in [3.63, 3.8) is 0 Å². The van der Waals surface area contributed by atoms with E-state index in [-0.39, 0.29) is 34.2 Å². The van der Waals surface area contributed by atoms with Crippen molar-refractivity contribution in [3.8, 4) is 23.1 Å². The average Bonchev–Trinajstić information content (AvgIpc) is 2.82. The van der Waals surface area contributed by atoms with Gasteiger partial charge in [0.1, 0.15) is 17.7 Å². The van der Waals surface area contributed by atoms with Gasteiger partial charge in [0.25, 0.3) is 5.91 Å². The van der Waals surface area contributed by atoms with E-state index in [0.29, 0.717) is 11.6 Å². The molecule has 174 valence electrons. The van der Waals surface area contributed by atoms with Crippen LogP contribution in [0, 0.1) is 29.9 Å². The molecule has 0 spiro atoms. The number of ether oxygens (including phenoxy) is 1. The summed E-state index contributed by atoms with van der Waals surface area (Å²) in [5.74, 6) is -3.60. The molecule has 0 aliphatic carbocycles. The molecule has 9 nitrogen and oxygen atoms in total. The lowest BCUT2D eigenvalue weighted by Gasteiger charge is -2.19. The van der Waals surface area contributed by atoms with E-state index in [2.05, 4.69) is 20.3 Å². The van der Waals surface area contributed by atoms with Crippen LogP contribution in [-0.2, 0) is 4.79 Å². The van der Waals surface area contributed by atoms with E-state index in [9.17, 15) is 22.8 Å². The molecule has 34 heavy (non-hydrogen) atoms. The van der Waals surface area contributed by atoms with E-state index in [1.165, 1.54) is 31.6 Å². The number of nitriles is 1. The summed E-state index contributed by atoms with van der Waals surface area (Å²) in [5, 5.41) is 11.3. The van der Waals surface area contributed by atoms with Gasteiger partial charge >= 0.3 is 0 Å². The van der Waals surface area contributed by atoms with Crippen molar-refractivity contribution in [1.82, 2.24) is 20.3 Å². The number of hydrogen-bond donors (Lipinski definition) is 1. The summed E-state index contributed by atoms with van der Waals surface area (Å²) in [6, 6.07) is 6.00. The Morgan fingerprint density at radius 2 is 1.97 bits per heavy atom. The Morgan fingerprint density at radius 1 is 1.21 bits per heavy atom. The number of likely N-dealkylation sites (N-methyl/N-ethyl adjacent to an activating group) is 1. The second-order valence-corrected chi connectivity index (χ2v) is 6.90. The quantitative estimate of drug-likeness (QED) is 0.564. The van der Waals surface area contributed by atoms with Crippen molar-refractivity contribution in [2.75, 3.05) is 25.4 Å². The summed E-state index contributed by atoms with van der Waals surface area (Å²) in [6.07, 6.45) is 2.48. The normalized spacial score (nSPS) is 10.4. The molecule has 0 saturated carbocycles. The summed E-state index contributed by atoms with van der Waals surface area (Å²) >= 11 is 0. The molecule has 0 saturated heterocycles. The summed E-state index contributed by atoms with van der Waals surface area (Å²) in [5.41, 5.74) is 0.630. The fraction of sp³-hybridized carbons (Fsp3) is 0.182. The van der Waals surface area contributed by atoms with E-state index in [4.69, 9.17) is 10.00 Å². The number of nitrogens with one attached hydrogen (secondary N) is 1. The lowest BCUT2D eigenvalue weighted by Crippen LogP contribution is -2.39. The Balaban J connectivity index is 1.75. The Kier molecular flexibility index (Phi) is 7.37. The molecular formula is C22H17F3N6O3. The molecule has 1 N–H and O–H groups in total. The molecule has 12 heteroatoms. The van der Waals surface area contributed by atoms with Crippen LogP contribution in [0.2, 0.25) is 0 Å². The zero-order valence-electron chi connectivity index (χ0n) is 18.0. The standard InChI is InChI=1S/C22H17F3N6O3/c1-12-8-27-20(30-19(12)15-4-3-14(24)6-16(15)25)22(33)29-10-18(32)31(2)21-17(34-11-23)5-13(7-26)9-28-21/h3-6,8-9H,10-11H2,1-2H3,(H,29,33). The van der Waals surface area contributed by atoms with Crippen LogP contribution in [0.4, 0.5) is 19.0 Å². The largest absolute Gasteiger partial charge is 0.459 e. The number of aryl methyl sites for hydroxylation is 1. The van der Waals surface area contributed by atoms with E-state index in [1.54, 1.807) is 6.92 Å². The van der Waals surface area contributed by atoms with E-state index >= 15 is 0 Å². The number of hydrogen-bond acceptors (Lipinski definition) is 7. The Bertz CT molecular complexity index is 1300. The predicted molar refractivity (Wildman–Crippen MR) is 113 cm³/mol. The van der Waals surface area contributed by atoms with Gasteiger partial charge in [0.2, 0.25) is 18.6 Å². The fourth-order valence-electron chi connectivity index (χ4n) is 2.89. The molecule has 0 aliphatic heterocycles. The highest BCUT2D eigenvalue weighted by Gasteiger charge is 2.21. The van der Waals surface area contributed by atoms with Gasteiger partial charge in [0.15, 0.2) is 11.6 Å². The Labute approximate surface area is 191 Å². The minimum atomic E-state index is -1.20. The number of aromatic nitrogens is 3. The number of nitrogens with zero attached hydrogens (tertiary/aromatic N) is 5. The third kappa shape index (κ3) is 5.26. The maximum Gasteiger partial charge on any atom is 0.289 e. The van der Waals surface area contributed by atoms with E-state index in [1.807, 2.05) is 6.07 Å². The van der Waals surface area contributed by atoms with Crippen LogP contribution in [0.25, 0.3) is 11.3 Å². The predicted octanol–water partition coefficient (Wildman–Crippen LogP) is 2.70. The number of halogens is 3. The molecule has 0 aliphatic rings. The molecule has 2 aromatic heterocycles. The highest BCUT2D eigenvalue weighted by atomic mass is 19.1. The van der Waals surface area contributed by atoms with Gasteiger partial charge in [-0.15, -0.1) is 0 Å².